The third kappa shape index (κ3) is 3.50. The SMILES string of the molecule is CCCNC(Cc1ccccc1F)c1c(C)nn(C)c1C. The highest BCUT2D eigenvalue weighted by atomic mass is 19.1. The minimum Gasteiger partial charge on any atom is -0.310 e. The summed E-state index contributed by atoms with van der Waals surface area (Å²) in [7, 11) is 1.95. The molecule has 4 heteroatoms. The minimum absolute atomic E-state index is 0.0931. The maximum absolute atomic E-state index is 13.9. The average Bonchev–Trinajstić information content (AvgIpc) is 2.71. The van der Waals surface area contributed by atoms with Crippen molar-refractivity contribution in [2.75, 3.05) is 6.54 Å². The van der Waals surface area contributed by atoms with E-state index in [1.165, 1.54) is 11.6 Å². The first-order chi connectivity index (χ1) is 10.0. The van der Waals surface area contributed by atoms with Crippen LogP contribution < -0.4 is 5.32 Å². The van der Waals surface area contributed by atoms with E-state index in [-0.39, 0.29) is 11.9 Å². The molecule has 0 aliphatic carbocycles. The molecule has 1 heterocycles. The van der Waals surface area contributed by atoms with Gasteiger partial charge in [0, 0.05) is 24.3 Å². The number of hydrogen-bond donors (Lipinski definition) is 1. The molecule has 0 saturated heterocycles. The Balaban J connectivity index is 2.32. The number of nitrogens with zero attached hydrogens (tertiary/aromatic N) is 2. The van der Waals surface area contributed by atoms with Gasteiger partial charge in [-0.2, -0.15) is 5.10 Å². The molecule has 1 unspecified atom stereocenters. The Bertz CT molecular complexity index is 604. The first-order valence-electron chi connectivity index (χ1n) is 7.51. The standard InChI is InChI=1S/C17H24FN3/c1-5-10-19-16(11-14-8-6-7-9-15(14)18)17-12(2)20-21(4)13(17)3/h6-9,16,19H,5,10-11H2,1-4H3. The van der Waals surface area contributed by atoms with Gasteiger partial charge < -0.3 is 5.32 Å². The first kappa shape index (κ1) is 15.7. The number of halogens is 1. The lowest BCUT2D eigenvalue weighted by atomic mass is 9.97. The van der Waals surface area contributed by atoms with Crippen LogP contribution in [0.2, 0.25) is 0 Å². The van der Waals surface area contributed by atoms with E-state index in [0.717, 1.165) is 29.9 Å². The summed E-state index contributed by atoms with van der Waals surface area (Å²) in [4.78, 5) is 0. The maximum atomic E-state index is 13.9. The molecule has 1 aromatic heterocycles. The molecular weight excluding hydrogens is 265 g/mol. The number of aryl methyl sites for hydroxylation is 2. The topological polar surface area (TPSA) is 29.9 Å². The second kappa shape index (κ2) is 6.85. The van der Waals surface area contributed by atoms with Gasteiger partial charge in [-0.15, -0.1) is 0 Å². The molecule has 0 fully saturated rings. The van der Waals surface area contributed by atoms with Crippen molar-refractivity contribution >= 4 is 0 Å². The molecule has 0 saturated carbocycles. The number of benzene rings is 1. The van der Waals surface area contributed by atoms with Crippen LogP contribution in [0.25, 0.3) is 0 Å². The summed E-state index contributed by atoms with van der Waals surface area (Å²) in [6.45, 7) is 7.13. The van der Waals surface area contributed by atoms with Crippen molar-refractivity contribution in [2.24, 2.45) is 7.05 Å². The summed E-state index contributed by atoms with van der Waals surface area (Å²) >= 11 is 0. The molecule has 0 radical (unpaired) electrons. The number of aromatic nitrogens is 2. The normalized spacial score (nSPS) is 12.6. The first-order valence-corrected chi connectivity index (χ1v) is 7.51. The molecule has 2 aromatic rings. The van der Waals surface area contributed by atoms with Crippen molar-refractivity contribution in [1.29, 1.82) is 0 Å². The molecule has 0 bridgehead atoms. The fourth-order valence-corrected chi connectivity index (χ4v) is 2.77. The van der Waals surface area contributed by atoms with E-state index < -0.39 is 0 Å². The summed E-state index contributed by atoms with van der Waals surface area (Å²) in [6, 6.07) is 7.09. The van der Waals surface area contributed by atoms with Crippen LogP contribution in [0.4, 0.5) is 4.39 Å². The van der Waals surface area contributed by atoms with Crippen molar-refractivity contribution in [1.82, 2.24) is 15.1 Å². The second-order valence-electron chi connectivity index (χ2n) is 5.51. The van der Waals surface area contributed by atoms with Gasteiger partial charge in [-0.3, -0.25) is 4.68 Å². The zero-order chi connectivity index (χ0) is 15.4. The lowest BCUT2D eigenvalue weighted by Gasteiger charge is -2.20. The van der Waals surface area contributed by atoms with Gasteiger partial charge in [0.2, 0.25) is 0 Å². The summed E-state index contributed by atoms with van der Waals surface area (Å²) in [5.41, 5.74) is 4.08. The zero-order valence-electron chi connectivity index (χ0n) is 13.3. The Morgan fingerprint density at radius 3 is 2.57 bits per heavy atom. The van der Waals surface area contributed by atoms with Crippen LogP contribution in [0.1, 0.15) is 41.9 Å². The van der Waals surface area contributed by atoms with Crippen molar-refractivity contribution in [3.05, 3.63) is 52.6 Å². The fourth-order valence-electron chi connectivity index (χ4n) is 2.77. The number of hydrogen-bond acceptors (Lipinski definition) is 2. The van der Waals surface area contributed by atoms with E-state index in [1.54, 1.807) is 6.07 Å². The van der Waals surface area contributed by atoms with Crippen LogP contribution in [0.5, 0.6) is 0 Å². The lowest BCUT2D eigenvalue weighted by molar-refractivity contribution is 0.509. The van der Waals surface area contributed by atoms with Crippen LogP contribution in [-0.2, 0) is 13.5 Å². The summed E-state index contributed by atoms with van der Waals surface area (Å²) in [6.07, 6.45) is 1.69. The van der Waals surface area contributed by atoms with E-state index in [1.807, 2.05) is 30.8 Å². The Labute approximate surface area is 126 Å². The Kier molecular flexibility index (Phi) is 5.12. The fraction of sp³-hybridized carbons (Fsp3) is 0.471. The van der Waals surface area contributed by atoms with Gasteiger partial charge >= 0.3 is 0 Å². The minimum atomic E-state index is -0.139. The van der Waals surface area contributed by atoms with Gasteiger partial charge in [-0.1, -0.05) is 25.1 Å². The predicted octanol–water partition coefficient (Wildman–Crippen LogP) is 3.46. The van der Waals surface area contributed by atoms with Crippen LogP contribution in [-0.4, -0.2) is 16.3 Å². The summed E-state index contributed by atoms with van der Waals surface area (Å²) in [5, 5.41) is 8.02. The lowest BCUT2D eigenvalue weighted by Crippen LogP contribution is -2.25. The van der Waals surface area contributed by atoms with Gasteiger partial charge in [0.05, 0.1) is 5.69 Å². The van der Waals surface area contributed by atoms with Crippen LogP contribution in [0.15, 0.2) is 24.3 Å². The van der Waals surface area contributed by atoms with Gasteiger partial charge in [0.1, 0.15) is 5.82 Å². The van der Waals surface area contributed by atoms with Crippen molar-refractivity contribution in [2.45, 2.75) is 39.7 Å². The van der Waals surface area contributed by atoms with Crippen LogP contribution in [0, 0.1) is 19.7 Å². The third-order valence-corrected chi connectivity index (χ3v) is 3.94. The molecule has 21 heavy (non-hydrogen) atoms. The number of rotatable bonds is 6. The molecule has 0 aliphatic rings. The summed E-state index contributed by atoms with van der Waals surface area (Å²) < 4.78 is 15.8. The molecule has 114 valence electrons. The number of nitrogens with one attached hydrogen (secondary N) is 1. The van der Waals surface area contributed by atoms with Crippen LogP contribution in [0.3, 0.4) is 0 Å². The molecule has 1 aromatic carbocycles. The smallest absolute Gasteiger partial charge is 0.126 e. The van der Waals surface area contributed by atoms with Crippen molar-refractivity contribution in [3.63, 3.8) is 0 Å². The Morgan fingerprint density at radius 1 is 1.29 bits per heavy atom. The van der Waals surface area contributed by atoms with E-state index in [4.69, 9.17) is 0 Å². The van der Waals surface area contributed by atoms with Crippen molar-refractivity contribution in [3.8, 4) is 0 Å². The Morgan fingerprint density at radius 2 is 2.00 bits per heavy atom. The summed E-state index contributed by atoms with van der Waals surface area (Å²) in [5.74, 6) is -0.139. The van der Waals surface area contributed by atoms with Gasteiger partial charge in [0.15, 0.2) is 0 Å². The van der Waals surface area contributed by atoms with Gasteiger partial charge in [-0.05, 0) is 44.9 Å². The molecule has 3 nitrogen and oxygen atoms in total. The van der Waals surface area contributed by atoms with E-state index in [2.05, 4.69) is 24.3 Å². The highest BCUT2D eigenvalue weighted by molar-refractivity contribution is 5.31. The predicted molar refractivity (Wildman–Crippen MR) is 83.8 cm³/mol. The second-order valence-corrected chi connectivity index (χ2v) is 5.51. The quantitative estimate of drug-likeness (QED) is 0.882. The molecule has 0 aliphatic heterocycles. The molecule has 2 rings (SSSR count). The molecular formula is C17H24FN3. The average molecular weight is 289 g/mol. The zero-order valence-corrected chi connectivity index (χ0v) is 13.3. The molecule has 1 atom stereocenters. The van der Waals surface area contributed by atoms with E-state index in [0.29, 0.717) is 6.42 Å². The molecule has 1 N–H and O–H groups in total. The van der Waals surface area contributed by atoms with Gasteiger partial charge in [0.25, 0.3) is 0 Å². The van der Waals surface area contributed by atoms with E-state index >= 15 is 0 Å². The maximum Gasteiger partial charge on any atom is 0.126 e. The van der Waals surface area contributed by atoms with Crippen molar-refractivity contribution < 1.29 is 4.39 Å². The highest BCUT2D eigenvalue weighted by Gasteiger charge is 2.21. The monoisotopic (exact) mass is 289 g/mol. The van der Waals surface area contributed by atoms with E-state index in [9.17, 15) is 4.39 Å². The van der Waals surface area contributed by atoms with Gasteiger partial charge in [-0.25, -0.2) is 4.39 Å². The molecule has 0 spiro atoms. The molecule has 0 amide bonds. The highest BCUT2D eigenvalue weighted by Crippen LogP contribution is 2.25. The van der Waals surface area contributed by atoms with Crippen LogP contribution >= 0.6 is 0 Å². The largest absolute Gasteiger partial charge is 0.310 e. The Hall–Kier alpha value is -1.68. The third-order valence-electron chi connectivity index (χ3n) is 3.94.